The number of hydrogen-bond acceptors (Lipinski definition) is 2. The zero-order valence-corrected chi connectivity index (χ0v) is 8.51. The fourth-order valence-electron chi connectivity index (χ4n) is 0.789. The van der Waals surface area contributed by atoms with Gasteiger partial charge in [-0.25, -0.2) is 0 Å². The molecule has 1 rings (SSSR count). The molecule has 0 aliphatic heterocycles. The summed E-state index contributed by atoms with van der Waals surface area (Å²) in [7, 11) is 0. The van der Waals surface area contributed by atoms with Crippen LogP contribution >= 0.6 is 0 Å². The Kier molecular flexibility index (Phi) is 3.47. The molecule has 0 amide bonds. The number of rotatable bonds is 3. The second-order valence-corrected chi connectivity index (χ2v) is 5.11. The van der Waals surface area contributed by atoms with Gasteiger partial charge in [-0.05, 0) is 0 Å². The summed E-state index contributed by atoms with van der Waals surface area (Å²) in [4.78, 5) is 0. The summed E-state index contributed by atoms with van der Waals surface area (Å²) in [5.74, 6) is 0. The van der Waals surface area contributed by atoms with E-state index in [-0.39, 0.29) is 0 Å². The third-order valence-electron chi connectivity index (χ3n) is 1.28. The van der Waals surface area contributed by atoms with Gasteiger partial charge in [0.25, 0.3) is 0 Å². The summed E-state index contributed by atoms with van der Waals surface area (Å²) < 4.78 is 17.2. The molecule has 1 unspecified atom stereocenters. The molecule has 0 aromatic heterocycles. The molecule has 0 bridgehead atoms. The summed E-state index contributed by atoms with van der Waals surface area (Å²) in [6.45, 7) is 2.39. The van der Waals surface area contributed by atoms with Crippen molar-refractivity contribution in [2.75, 3.05) is 6.61 Å². The summed E-state index contributed by atoms with van der Waals surface area (Å²) in [5, 5.41) is 0. The Morgan fingerprint density at radius 3 is 2.55 bits per heavy atom. The molecule has 0 aliphatic rings. The summed E-state index contributed by atoms with van der Waals surface area (Å²) in [6, 6.07) is 9.34. The first kappa shape index (κ1) is 8.63. The Morgan fingerprint density at radius 1 is 1.36 bits per heavy atom. The van der Waals surface area contributed by atoms with Crippen molar-refractivity contribution in [1.29, 1.82) is 0 Å². The van der Waals surface area contributed by atoms with Crippen LogP contribution in [0.1, 0.15) is 6.92 Å². The second kappa shape index (κ2) is 4.42. The first-order chi connectivity index (χ1) is 5.34. The standard InChI is InChI=1S/C8H11AsO2/c1-2-11-9(10)8-6-4-3-5-7-8/h3-7,9H,2H2,1H3. The monoisotopic (exact) mass is 214 g/mol. The van der Waals surface area contributed by atoms with E-state index in [4.69, 9.17) is 3.73 Å². The third kappa shape index (κ3) is 2.56. The van der Waals surface area contributed by atoms with Gasteiger partial charge in [0.05, 0.1) is 0 Å². The van der Waals surface area contributed by atoms with Crippen molar-refractivity contribution in [3.63, 3.8) is 0 Å². The van der Waals surface area contributed by atoms with Crippen molar-refractivity contribution in [2.24, 2.45) is 0 Å². The van der Waals surface area contributed by atoms with Crippen LogP contribution in [0.2, 0.25) is 0 Å². The predicted molar refractivity (Wildman–Crippen MR) is 45.5 cm³/mol. The number of benzene rings is 1. The van der Waals surface area contributed by atoms with Gasteiger partial charge in [-0.3, -0.25) is 0 Å². The minimum absolute atomic E-state index is 0.535. The van der Waals surface area contributed by atoms with Gasteiger partial charge in [-0.1, -0.05) is 0 Å². The first-order valence-electron chi connectivity index (χ1n) is 3.56. The molecular weight excluding hydrogens is 203 g/mol. The van der Waals surface area contributed by atoms with Crippen molar-refractivity contribution in [3.8, 4) is 0 Å². The SMILES string of the molecule is CCO[AsH](=O)c1ccccc1. The van der Waals surface area contributed by atoms with Crippen LogP contribution < -0.4 is 4.35 Å². The Balaban J connectivity index is 2.69. The van der Waals surface area contributed by atoms with Gasteiger partial charge in [-0.15, -0.1) is 0 Å². The molecule has 3 heteroatoms. The molecule has 0 spiro atoms. The van der Waals surface area contributed by atoms with Crippen LogP contribution in [0, 0.1) is 0 Å². The Labute approximate surface area is 71.0 Å². The van der Waals surface area contributed by atoms with Gasteiger partial charge in [0.1, 0.15) is 0 Å². The van der Waals surface area contributed by atoms with E-state index in [1.807, 2.05) is 37.3 Å². The molecule has 0 saturated heterocycles. The zero-order valence-electron chi connectivity index (χ0n) is 6.41. The molecule has 1 aromatic rings. The van der Waals surface area contributed by atoms with Crippen molar-refractivity contribution in [1.82, 2.24) is 0 Å². The fourth-order valence-corrected chi connectivity index (χ4v) is 2.66. The maximum atomic E-state index is 11.3. The average Bonchev–Trinajstić information content (AvgIpc) is 2.07. The van der Waals surface area contributed by atoms with Crippen LogP contribution in [0.25, 0.3) is 0 Å². The molecule has 0 N–H and O–H groups in total. The van der Waals surface area contributed by atoms with Gasteiger partial charge in [0.2, 0.25) is 0 Å². The Hall–Kier alpha value is -0.462. The molecule has 0 heterocycles. The summed E-state index contributed by atoms with van der Waals surface area (Å²) in [5.41, 5.74) is 0. The van der Waals surface area contributed by atoms with E-state index in [0.717, 1.165) is 4.35 Å². The Bertz CT molecular complexity index is 233. The molecule has 0 aliphatic carbocycles. The summed E-state index contributed by atoms with van der Waals surface area (Å²) in [6.07, 6.45) is 0. The summed E-state index contributed by atoms with van der Waals surface area (Å²) >= 11 is -2.57. The third-order valence-corrected chi connectivity index (χ3v) is 4.13. The van der Waals surface area contributed by atoms with Crippen LogP contribution in [-0.4, -0.2) is 21.5 Å². The van der Waals surface area contributed by atoms with Crippen LogP contribution in [-0.2, 0) is 7.47 Å². The number of hydrogen-bond donors (Lipinski definition) is 0. The second-order valence-electron chi connectivity index (χ2n) is 2.09. The van der Waals surface area contributed by atoms with E-state index < -0.39 is 14.9 Å². The van der Waals surface area contributed by atoms with E-state index in [0.29, 0.717) is 6.61 Å². The van der Waals surface area contributed by atoms with Crippen molar-refractivity contribution < 1.29 is 7.47 Å². The normalized spacial score (nSPS) is 12.8. The van der Waals surface area contributed by atoms with Crippen molar-refractivity contribution >= 4 is 19.3 Å². The molecule has 0 fully saturated rings. The molecule has 0 radical (unpaired) electrons. The predicted octanol–water partition coefficient (Wildman–Crippen LogP) is 0.581. The maximum absolute atomic E-state index is 11.3. The molecule has 2 nitrogen and oxygen atoms in total. The quantitative estimate of drug-likeness (QED) is 0.688. The van der Waals surface area contributed by atoms with E-state index >= 15 is 0 Å². The topological polar surface area (TPSA) is 26.3 Å². The zero-order chi connectivity index (χ0) is 8.10. The van der Waals surface area contributed by atoms with Gasteiger partial charge in [0.15, 0.2) is 0 Å². The van der Waals surface area contributed by atoms with E-state index in [2.05, 4.69) is 0 Å². The molecule has 1 atom stereocenters. The van der Waals surface area contributed by atoms with Gasteiger partial charge < -0.3 is 0 Å². The van der Waals surface area contributed by atoms with Crippen LogP contribution in [0.15, 0.2) is 30.3 Å². The Morgan fingerprint density at radius 2 is 2.00 bits per heavy atom. The van der Waals surface area contributed by atoms with Crippen LogP contribution in [0.4, 0.5) is 0 Å². The molecule has 0 saturated carbocycles. The molecule has 1 aromatic carbocycles. The van der Waals surface area contributed by atoms with Gasteiger partial charge >= 0.3 is 70.6 Å². The van der Waals surface area contributed by atoms with E-state index in [1.54, 1.807) is 0 Å². The fraction of sp³-hybridized carbons (Fsp3) is 0.250. The minimum atomic E-state index is -2.57. The van der Waals surface area contributed by atoms with Crippen LogP contribution in [0.3, 0.4) is 0 Å². The first-order valence-corrected chi connectivity index (χ1v) is 6.33. The van der Waals surface area contributed by atoms with E-state index in [1.165, 1.54) is 0 Å². The van der Waals surface area contributed by atoms with Crippen molar-refractivity contribution in [3.05, 3.63) is 30.3 Å². The van der Waals surface area contributed by atoms with Crippen molar-refractivity contribution in [2.45, 2.75) is 6.92 Å². The average molecular weight is 214 g/mol. The molecule has 11 heavy (non-hydrogen) atoms. The van der Waals surface area contributed by atoms with Gasteiger partial charge in [0, 0.05) is 0 Å². The van der Waals surface area contributed by atoms with Crippen LogP contribution in [0.5, 0.6) is 0 Å². The molecule has 60 valence electrons. The van der Waals surface area contributed by atoms with Gasteiger partial charge in [-0.2, -0.15) is 0 Å². The van der Waals surface area contributed by atoms with E-state index in [9.17, 15) is 3.74 Å². The molecular formula is C8H11AsO2.